The fraction of sp³-hybridized carbons (Fsp3) is 0.233. The van der Waals surface area contributed by atoms with Gasteiger partial charge in [0.25, 0.3) is 5.91 Å². The monoisotopic (exact) mass is 547 g/mol. The van der Waals surface area contributed by atoms with Crippen molar-refractivity contribution in [1.29, 1.82) is 0 Å². The number of hydrogen-bond donors (Lipinski definition) is 2. The molecule has 0 unspecified atom stereocenters. The second kappa shape index (κ2) is 11.4. The van der Waals surface area contributed by atoms with Crippen LogP contribution in [0.4, 0.5) is 5.69 Å². The molecule has 2 heterocycles. The molecule has 1 fully saturated rings. The molecule has 6 nitrogen and oxygen atoms in total. The van der Waals surface area contributed by atoms with E-state index in [-0.39, 0.29) is 12.3 Å². The van der Waals surface area contributed by atoms with Crippen LogP contribution in [0.25, 0.3) is 22.2 Å². The lowest BCUT2D eigenvalue weighted by Gasteiger charge is -2.30. The van der Waals surface area contributed by atoms with Gasteiger partial charge in [0.15, 0.2) is 0 Å². The van der Waals surface area contributed by atoms with Crippen molar-refractivity contribution in [1.82, 2.24) is 10.3 Å². The van der Waals surface area contributed by atoms with E-state index in [9.17, 15) is 14.7 Å². The number of amides is 1. The largest absolute Gasteiger partial charge is 0.480 e. The Morgan fingerprint density at radius 2 is 1.66 bits per heavy atom. The number of nitrogens with one attached hydrogen (secondary N) is 1. The summed E-state index contributed by atoms with van der Waals surface area (Å²) in [4.78, 5) is 32.3. The molecule has 4 aromatic rings. The SMILES string of the molecule is O=C(N[C@@H](Cc1ccc2nc(-c3c(Cl)cccc3Cl)ccc2c1)C(=O)O)c1ccccc1N1CCCCC1. The molecular formula is C30H27Cl2N3O3. The molecule has 8 heteroatoms. The molecule has 1 aromatic heterocycles. The number of hydrogen-bond acceptors (Lipinski definition) is 4. The molecule has 0 saturated carbocycles. The lowest BCUT2D eigenvalue weighted by Crippen LogP contribution is -2.43. The number of anilines is 1. The highest BCUT2D eigenvalue weighted by molar-refractivity contribution is 6.39. The highest BCUT2D eigenvalue weighted by Gasteiger charge is 2.24. The number of nitrogens with zero attached hydrogens (tertiary/aromatic N) is 2. The summed E-state index contributed by atoms with van der Waals surface area (Å²) in [6, 6.07) is 20.9. The minimum atomic E-state index is -1.09. The first-order valence-electron chi connectivity index (χ1n) is 12.6. The molecule has 194 valence electrons. The highest BCUT2D eigenvalue weighted by Crippen LogP contribution is 2.34. The third-order valence-corrected chi connectivity index (χ3v) is 7.49. The molecule has 1 atom stereocenters. The number of carbonyl (C=O) groups excluding carboxylic acids is 1. The maximum atomic E-state index is 13.2. The molecular weight excluding hydrogens is 521 g/mol. The van der Waals surface area contributed by atoms with Crippen molar-refractivity contribution < 1.29 is 14.7 Å². The molecule has 0 aliphatic carbocycles. The van der Waals surface area contributed by atoms with Gasteiger partial charge in [-0.05, 0) is 67.3 Å². The molecule has 3 aromatic carbocycles. The third-order valence-electron chi connectivity index (χ3n) is 6.86. The molecule has 1 aliphatic rings. The molecule has 0 radical (unpaired) electrons. The Morgan fingerprint density at radius 3 is 2.39 bits per heavy atom. The molecule has 5 rings (SSSR count). The molecule has 0 bridgehead atoms. The maximum Gasteiger partial charge on any atom is 0.326 e. The molecule has 2 N–H and O–H groups in total. The van der Waals surface area contributed by atoms with Gasteiger partial charge in [0.1, 0.15) is 6.04 Å². The van der Waals surface area contributed by atoms with E-state index >= 15 is 0 Å². The summed E-state index contributed by atoms with van der Waals surface area (Å²) in [5.41, 5.74) is 4.17. The summed E-state index contributed by atoms with van der Waals surface area (Å²) >= 11 is 12.7. The van der Waals surface area contributed by atoms with Crippen molar-refractivity contribution in [3.05, 3.63) is 94.0 Å². The van der Waals surface area contributed by atoms with Crippen molar-refractivity contribution in [2.45, 2.75) is 31.7 Å². The summed E-state index contributed by atoms with van der Waals surface area (Å²) in [7, 11) is 0. The lowest BCUT2D eigenvalue weighted by molar-refractivity contribution is -0.139. The predicted octanol–water partition coefficient (Wildman–Crippen LogP) is 6.62. The number of aliphatic carboxylic acids is 1. The Hall–Kier alpha value is -3.61. The standard InChI is InChI=1S/C30H27Cl2N3O3/c31-22-8-6-9-23(32)28(22)25-14-12-20-17-19(11-13-24(20)33-25)18-26(30(37)38)34-29(36)21-7-2-3-10-27(21)35-15-4-1-5-16-35/h2-3,6-14,17,26H,1,4-5,15-16,18H2,(H,34,36)(H,37,38)/t26-/m0/s1. The summed E-state index contributed by atoms with van der Waals surface area (Å²) < 4.78 is 0. The number of piperidine rings is 1. The van der Waals surface area contributed by atoms with Gasteiger partial charge in [-0.3, -0.25) is 4.79 Å². The number of para-hydroxylation sites is 1. The molecule has 38 heavy (non-hydrogen) atoms. The van der Waals surface area contributed by atoms with Crippen LogP contribution in [-0.2, 0) is 11.2 Å². The number of carboxylic acid groups (broad SMARTS) is 1. The number of aromatic nitrogens is 1. The molecule has 1 amide bonds. The van der Waals surface area contributed by atoms with Crippen LogP contribution in [0.15, 0.2) is 72.8 Å². The van der Waals surface area contributed by atoms with Crippen LogP contribution in [0.1, 0.15) is 35.2 Å². The van der Waals surface area contributed by atoms with Crippen LogP contribution in [0, 0.1) is 0 Å². The van der Waals surface area contributed by atoms with Gasteiger partial charge in [-0.2, -0.15) is 0 Å². The minimum absolute atomic E-state index is 0.140. The van der Waals surface area contributed by atoms with Crippen LogP contribution in [0.5, 0.6) is 0 Å². The fourth-order valence-electron chi connectivity index (χ4n) is 4.93. The zero-order valence-electron chi connectivity index (χ0n) is 20.7. The fourth-order valence-corrected chi connectivity index (χ4v) is 5.52. The Bertz CT molecular complexity index is 1480. The first-order valence-corrected chi connectivity index (χ1v) is 13.4. The van der Waals surface area contributed by atoms with Crippen LogP contribution >= 0.6 is 23.2 Å². The van der Waals surface area contributed by atoms with Gasteiger partial charge in [-0.1, -0.05) is 53.5 Å². The number of carboxylic acids is 1. The average molecular weight is 548 g/mol. The number of benzene rings is 3. The minimum Gasteiger partial charge on any atom is -0.480 e. The Kier molecular flexibility index (Phi) is 7.82. The number of fused-ring (bicyclic) bond motifs is 1. The Morgan fingerprint density at radius 1 is 0.921 bits per heavy atom. The van der Waals surface area contributed by atoms with Gasteiger partial charge >= 0.3 is 5.97 Å². The van der Waals surface area contributed by atoms with E-state index in [0.29, 0.717) is 26.9 Å². The topological polar surface area (TPSA) is 82.5 Å². The van der Waals surface area contributed by atoms with Crippen LogP contribution in [-0.4, -0.2) is 41.1 Å². The van der Waals surface area contributed by atoms with Crippen molar-refractivity contribution in [2.24, 2.45) is 0 Å². The van der Waals surface area contributed by atoms with Crippen molar-refractivity contribution in [2.75, 3.05) is 18.0 Å². The van der Waals surface area contributed by atoms with Gasteiger partial charge in [0.2, 0.25) is 0 Å². The third kappa shape index (κ3) is 5.62. The van der Waals surface area contributed by atoms with E-state index in [2.05, 4.69) is 10.2 Å². The van der Waals surface area contributed by atoms with Gasteiger partial charge in [0, 0.05) is 36.1 Å². The lowest BCUT2D eigenvalue weighted by atomic mass is 10.0. The highest BCUT2D eigenvalue weighted by atomic mass is 35.5. The van der Waals surface area contributed by atoms with Crippen LogP contribution < -0.4 is 10.2 Å². The van der Waals surface area contributed by atoms with Gasteiger partial charge in [0.05, 0.1) is 26.8 Å². The zero-order valence-corrected chi connectivity index (χ0v) is 22.2. The summed E-state index contributed by atoms with van der Waals surface area (Å²) in [5, 5.41) is 14.5. The van der Waals surface area contributed by atoms with E-state index in [1.54, 1.807) is 30.3 Å². The number of halogens is 2. The smallest absolute Gasteiger partial charge is 0.326 e. The first kappa shape index (κ1) is 26.0. The quantitative estimate of drug-likeness (QED) is 0.271. The van der Waals surface area contributed by atoms with Crippen molar-refractivity contribution >= 4 is 51.7 Å². The van der Waals surface area contributed by atoms with E-state index in [4.69, 9.17) is 28.2 Å². The summed E-state index contributed by atoms with van der Waals surface area (Å²) in [6.07, 6.45) is 3.48. The predicted molar refractivity (Wildman–Crippen MR) is 152 cm³/mol. The van der Waals surface area contributed by atoms with Gasteiger partial charge < -0.3 is 15.3 Å². The zero-order chi connectivity index (χ0) is 26.6. The second-order valence-corrected chi connectivity index (χ2v) is 10.3. The van der Waals surface area contributed by atoms with Crippen molar-refractivity contribution in [3.63, 3.8) is 0 Å². The average Bonchev–Trinajstić information content (AvgIpc) is 2.93. The van der Waals surface area contributed by atoms with E-state index in [0.717, 1.165) is 48.1 Å². The van der Waals surface area contributed by atoms with E-state index in [1.807, 2.05) is 42.5 Å². The molecule has 0 spiro atoms. The molecule has 1 saturated heterocycles. The number of rotatable bonds is 7. The Labute approximate surface area is 231 Å². The van der Waals surface area contributed by atoms with Crippen molar-refractivity contribution in [3.8, 4) is 11.3 Å². The number of pyridine rings is 1. The first-order chi connectivity index (χ1) is 18.4. The second-order valence-electron chi connectivity index (χ2n) is 9.45. The summed E-state index contributed by atoms with van der Waals surface area (Å²) in [6.45, 7) is 1.78. The van der Waals surface area contributed by atoms with Gasteiger partial charge in [-0.25, -0.2) is 9.78 Å². The number of carbonyl (C=O) groups is 2. The van der Waals surface area contributed by atoms with E-state index < -0.39 is 12.0 Å². The van der Waals surface area contributed by atoms with Crippen LogP contribution in [0.2, 0.25) is 10.0 Å². The van der Waals surface area contributed by atoms with Gasteiger partial charge in [-0.15, -0.1) is 0 Å². The normalized spacial score (nSPS) is 14.3. The Balaban J connectivity index is 1.35. The maximum absolute atomic E-state index is 13.2. The summed E-state index contributed by atoms with van der Waals surface area (Å²) in [5.74, 6) is -1.47. The van der Waals surface area contributed by atoms with E-state index in [1.165, 1.54) is 6.42 Å². The molecule has 1 aliphatic heterocycles. The van der Waals surface area contributed by atoms with Crippen LogP contribution in [0.3, 0.4) is 0 Å².